The largest absolute Gasteiger partial charge is 0.372 e. The lowest BCUT2D eigenvalue weighted by molar-refractivity contribution is -0.133. The Morgan fingerprint density at radius 1 is 1.47 bits per heavy atom. The second kappa shape index (κ2) is 4.08. The zero-order valence-electron chi connectivity index (χ0n) is 8.06. The third-order valence-electron chi connectivity index (χ3n) is 2.24. The van der Waals surface area contributed by atoms with Crippen LogP contribution in [0.2, 0.25) is 0 Å². The maximum atomic E-state index is 11.4. The molecule has 15 heavy (non-hydrogen) atoms. The van der Waals surface area contributed by atoms with E-state index in [1.165, 1.54) is 0 Å². The lowest BCUT2D eigenvalue weighted by Gasteiger charge is -2.22. The molecule has 2 amide bonds. The number of nitrogens with one attached hydrogen (secondary N) is 2. The van der Waals surface area contributed by atoms with E-state index >= 15 is 0 Å². The first-order valence-corrected chi connectivity index (χ1v) is 4.76. The van der Waals surface area contributed by atoms with Crippen molar-refractivity contribution in [3.63, 3.8) is 0 Å². The van der Waals surface area contributed by atoms with Crippen molar-refractivity contribution in [2.75, 3.05) is 5.32 Å². The summed E-state index contributed by atoms with van der Waals surface area (Å²) in [7, 11) is 0. The third-order valence-corrected chi connectivity index (χ3v) is 2.24. The monoisotopic (exact) mass is 205 g/mol. The zero-order valence-corrected chi connectivity index (χ0v) is 8.06. The van der Waals surface area contributed by atoms with E-state index < -0.39 is 0 Å². The van der Waals surface area contributed by atoms with E-state index in [1.54, 1.807) is 18.5 Å². The molecule has 1 unspecified atom stereocenters. The van der Waals surface area contributed by atoms with Crippen LogP contribution in [0.5, 0.6) is 0 Å². The summed E-state index contributed by atoms with van der Waals surface area (Å²) in [4.78, 5) is 26.2. The maximum Gasteiger partial charge on any atom is 0.249 e. The van der Waals surface area contributed by atoms with Gasteiger partial charge in [0.15, 0.2) is 0 Å². The highest BCUT2D eigenvalue weighted by Crippen LogP contribution is 2.11. The minimum atomic E-state index is -0.341. The van der Waals surface area contributed by atoms with E-state index in [1.807, 2.05) is 6.07 Å². The van der Waals surface area contributed by atoms with E-state index in [0.717, 1.165) is 5.69 Å². The third kappa shape index (κ3) is 2.31. The summed E-state index contributed by atoms with van der Waals surface area (Å²) in [6.07, 6.45) is 4.21. The van der Waals surface area contributed by atoms with Gasteiger partial charge in [0.25, 0.3) is 0 Å². The van der Waals surface area contributed by atoms with Crippen LogP contribution in [0, 0.1) is 0 Å². The molecule has 2 heterocycles. The second-order valence-electron chi connectivity index (χ2n) is 3.39. The predicted molar refractivity (Wildman–Crippen MR) is 54.0 cm³/mol. The zero-order chi connectivity index (χ0) is 10.7. The molecule has 1 fully saturated rings. The van der Waals surface area contributed by atoms with Gasteiger partial charge in [-0.1, -0.05) is 0 Å². The second-order valence-corrected chi connectivity index (χ2v) is 3.39. The summed E-state index contributed by atoms with van der Waals surface area (Å²) < 4.78 is 0. The molecule has 2 N–H and O–H groups in total. The highest BCUT2D eigenvalue weighted by atomic mass is 16.2. The molecule has 1 aromatic rings. The van der Waals surface area contributed by atoms with Gasteiger partial charge in [0, 0.05) is 18.8 Å². The van der Waals surface area contributed by atoms with Crippen LogP contribution in [0.1, 0.15) is 12.8 Å². The van der Waals surface area contributed by atoms with Crippen molar-refractivity contribution in [1.82, 2.24) is 10.3 Å². The first-order chi connectivity index (χ1) is 7.25. The number of hydrogen-bond donors (Lipinski definition) is 2. The quantitative estimate of drug-likeness (QED) is 0.681. The molecular weight excluding hydrogens is 194 g/mol. The Morgan fingerprint density at radius 3 is 3.00 bits per heavy atom. The summed E-state index contributed by atoms with van der Waals surface area (Å²) in [6, 6.07) is 3.28. The van der Waals surface area contributed by atoms with Gasteiger partial charge in [-0.05, 0) is 18.6 Å². The molecular formula is C10H11N3O2. The smallest absolute Gasteiger partial charge is 0.249 e. The van der Waals surface area contributed by atoms with Gasteiger partial charge >= 0.3 is 0 Å². The lowest BCUT2D eigenvalue weighted by atomic mass is 10.1. The van der Waals surface area contributed by atoms with Crippen molar-refractivity contribution >= 4 is 17.5 Å². The van der Waals surface area contributed by atoms with E-state index in [-0.39, 0.29) is 17.9 Å². The molecule has 1 atom stereocenters. The molecule has 1 saturated heterocycles. The van der Waals surface area contributed by atoms with E-state index in [4.69, 9.17) is 0 Å². The van der Waals surface area contributed by atoms with Gasteiger partial charge in [0.2, 0.25) is 11.8 Å². The standard InChI is InChI=1S/C10H11N3O2/c14-9-4-3-8(10(15)13-9)12-7-2-1-5-11-6-7/h1-2,5-6,8,12H,3-4H2,(H,13,14,15). The molecule has 0 spiro atoms. The highest BCUT2D eigenvalue weighted by molar-refractivity contribution is 6.01. The van der Waals surface area contributed by atoms with Gasteiger partial charge in [-0.3, -0.25) is 19.9 Å². The minimum Gasteiger partial charge on any atom is -0.372 e. The Hall–Kier alpha value is -1.91. The topological polar surface area (TPSA) is 71.1 Å². The van der Waals surface area contributed by atoms with E-state index in [9.17, 15) is 9.59 Å². The van der Waals surface area contributed by atoms with Crippen LogP contribution in [-0.4, -0.2) is 22.8 Å². The minimum absolute atomic E-state index is 0.204. The summed E-state index contributed by atoms with van der Waals surface area (Å²) in [5, 5.41) is 5.31. The lowest BCUT2D eigenvalue weighted by Crippen LogP contribution is -2.47. The van der Waals surface area contributed by atoms with Crippen LogP contribution < -0.4 is 10.6 Å². The van der Waals surface area contributed by atoms with Crippen molar-refractivity contribution in [2.24, 2.45) is 0 Å². The van der Waals surface area contributed by atoms with Gasteiger partial charge in [-0.15, -0.1) is 0 Å². The molecule has 0 aliphatic carbocycles. The first kappa shape index (κ1) is 9.64. The molecule has 0 saturated carbocycles. The Balaban J connectivity index is 2.01. The molecule has 1 aliphatic heterocycles. The molecule has 0 bridgehead atoms. The number of carbonyl (C=O) groups excluding carboxylic acids is 2. The van der Waals surface area contributed by atoms with Crippen molar-refractivity contribution < 1.29 is 9.59 Å². The number of anilines is 1. The van der Waals surface area contributed by atoms with Crippen LogP contribution in [0.4, 0.5) is 5.69 Å². The number of pyridine rings is 1. The average molecular weight is 205 g/mol. The molecule has 78 valence electrons. The fourth-order valence-corrected chi connectivity index (χ4v) is 1.48. The molecule has 1 aliphatic rings. The van der Waals surface area contributed by atoms with Crippen molar-refractivity contribution in [2.45, 2.75) is 18.9 Å². The molecule has 5 heteroatoms. The fraction of sp³-hybridized carbons (Fsp3) is 0.300. The number of carbonyl (C=O) groups is 2. The van der Waals surface area contributed by atoms with Crippen molar-refractivity contribution in [1.29, 1.82) is 0 Å². The Labute approximate surface area is 86.9 Å². The summed E-state index contributed by atoms with van der Waals surface area (Å²) in [6.45, 7) is 0. The van der Waals surface area contributed by atoms with Crippen molar-refractivity contribution in [3.05, 3.63) is 24.5 Å². The highest BCUT2D eigenvalue weighted by Gasteiger charge is 2.26. The summed E-state index contributed by atoms with van der Waals surface area (Å²) in [5.74, 6) is -0.473. The predicted octanol–water partition coefficient (Wildman–Crippen LogP) is 0.299. The van der Waals surface area contributed by atoms with Gasteiger partial charge in [-0.2, -0.15) is 0 Å². The SMILES string of the molecule is O=C1CCC(Nc2cccnc2)C(=O)N1. The van der Waals surface area contributed by atoms with Crippen molar-refractivity contribution in [3.8, 4) is 0 Å². The fourth-order valence-electron chi connectivity index (χ4n) is 1.48. The van der Waals surface area contributed by atoms with Crippen LogP contribution in [-0.2, 0) is 9.59 Å². The Kier molecular flexibility index (Phi) is 2.62. The van der Waals surface area contributed by atoms with Crippen LogP contribution in [0.25, 0.3) is 0 Å². The maximum absolute atomic E-state index is 11.4. The number of rotatable bonds is 2. The number of piperidine rings is 1. The summed E-state index contributed by atoms with van der Waals surface area (Å²) >= 11 is 0. The normalized spacial score (nSPS) is 20.9. The van der Waals surface area contributed by atoms with Gasteiger partial charge < -0.3 is 5.32 Å². The molecule has 0 radical (unpaired) electrons. The van der Waals surface area contributed by atoms with Crippen LogP contribution in [0.15, 0.2) is 24.5 Å². The van der Waals surface area contributed by atoms with Gasteiger partial charge in [0.05, 0.1) is 5.69 Å². The van der Waals surface area contributed by atoms with Gasteiger partial charge in [0.1, 0.15) is 6.04 Å². The number of aromatic nitrogens is 1. The number of hydrogen-bond acceptors (Lipinski definition) is 4. The first-order valence-electron chi connectivity index (χ1n) is 4.76. The Morgan fingerprint density at radius 2 is 2.33 bits per heavy atom. The molecule has 2 rings (SSSR count). The Bertz CT molecular complexity index is 378. The van der Waals surface area contributed by atoms with Crippen LogP contribution in [0.3, 0.4) is 0 Å². The number of nitrogens with zero attached hydrogens (tertiary/aromatic N) is 1. The van der Waals surface area contributed by atoms with E-state index in [0.29, 0.717) is 12.8 Å². The molecule has 0 aromatic carbocycles. The van der Waals surface area contributed by atoms with Crippen LogP contribution >= 0.6 is 0 Å². The van der Waals surface area contributed by atoms with Gasteiger partial charge in [-0.25, -0.2) is 0 Å². The average Bonchev–Trinajstić information content (AvgIpc) is 2.24. The van der Waals surface area contributed by atoms with E-state index in [2.05, 4.69) is 15.6 Å². The number of imide groups is 1. The molecule has 5 nitrogen and oxygen atoms in total. The number of amides is 2. The molecule has 1 aromatic heterocycles. The summed E-state index contributed by atoms with van der Waals surface area (Å²) in [5.41, 5.74) is 0.784.